The van der Waals surface area contributed by atoms with Crippen LogP contribution in [0.2, 0.25) is 0 Å². The molecule has 7 heteroatoms. The number of esters is 1. The van der Waals surface area contributed by atoms with Gasteiger partial charge in [-0.3, -0.25) is 4.79 Å². The number of ether oxygens (including phenoxy) is 1. The van der Waals surface area contributed by atoms with E-state index in [1.807, 2.05) is 0 Å². The molecule has 0 aliphatic heterocycles. The highest BCUT2D eigenvalue weighted by Gasteiger charge is 2.30. The molecule has 0 bridgehead atoms. The summed E-state index contributed by atoms with van der Waals surface area (Å²) in [5, 5.41) is 2.31. The Morgan fingerprint density at radius 3 is 2.45 bits per heavy atom. The Balaban J connectivity index is 2.68. The van der Waals surface area contributed by atoms with Gasteiger partial charge in [-0.15, -0.1) is 0 Å². The van der Waals surface area contributed by atoms with Crippen molar-refractivity contribution in [1.29, 1.82) is 0 Å². The van der Waals surface area contributed by atoms with Crippen LogP contribution in [0.15, 0.2) is 30.3 Å². The lowest BCUT2D eigenvalue weighted by molar-refractivity contribution is -0.149. The van der Waals surface area contributed by atoms with E-state index in [4.69, 9.17) is 9.26 Å². The number of nitrogens with one attached hydrogen (secondary N) is 1. The molecular formula is C13H20NO5P. The maximum absolute atomic E-state index is 12.0. The summed E-state index contributed by atoms with van der Waals surface area (Å²) in [4.78, 5) is 21.5. The zero-order valence-corrected chi connectivity index (χ0v) is 12.7. The van der Waals surface area contributed by atoms with Gasteiger partial charge in [0, 0.05) is 0 Å². The van der Waals surface area contributed by atoms with E-state index >= 15 is 0 Å². The third kappa shape index (κ3) is 5.74. The number of para-hydroxylation sites is 1. The summed E-state index contributed by atoms with van der Waals surface area (Å²) >= 11 is 0. The van der Waals surface area contributed by atoms with Gasteiger partial charge in [0.15, 0.2) is 0 Å². The molecule has 0 saturated carbocycles. The SMILES string of the molecule is CC[C@H](NP(=O)(O)Oc1ccccc1)C(=O)OC(C)C. The second-order valence-corrected chi connectivity index (χ2v) is 5.98. The molecule has 0 aliphatic rings. The van der Waals surface area contributed by atoms with Crippen molar-refractivity contribution in [2.24, 2.45) is 0 Å². The summed E-state index contributed by atoms with van der Waals surface area (Å²) in [6.07, 6.45) is 0.0281. The Morgan fingerprint density at radius 2 is 1.95 bits per heavy atom. The first-order valence-electron chi connectivity index (χ1n) is 6.39. The number of carbonyl (C=O) groups is 1. The molecule has 112 valence electrons. The zero-order valence-electron chi connectivity index (χ0n) is 11.8. The lowest BCUT2D eigenvalue weighted by atomic mass is 10.2. The summed E-state index contributed by atoms with van der Waals surface area (Å²) in [5.74, 6) is -0.327. The van der Waals surface area contributed by atoms with Gasteiger partial charge in [0.05, 0.1) is 6.10 Å². The molecule has 0 amide bonds. The van der Waals surface area contributed by atoms with Gasteiger partial charge in [-0.1, -0.05) is 25.1 Å². The second-order valence-electron chi connectivity index (χ2n) is 4.50. The molecule has 20 heavy (non-hydrogen) atoms. The van der Waals surface area contributed by atoms with Crippen LogP contribution in [0.3, 0.4) is 0 Å². The fourth-order valence-electron chi connectivity index (χ4n) is 1.47. The first-order chi connectivity index (χ1) is 9.34. The molecule has 2 N–H and O–H groups in total. The van der Waals surface area contributed by atoms with E-state index in [1.165, 1.54) is 0 Å². The summed E-state index contributed by atoms with van der Waals surface area (Å²) in [6, 6.07) is 7.34. The van der Waals surface area contributed by atoms with Gasteiger partial charge in [0.25, 0.3) is 0 Å². The highest BCUT2D eigenvalue weighted by molar-refractivity contribution is 7.51. The van der Waals surface area contributed by atoms with Crippen molar-refractivity contribution in [3.8, 4) is 5.75 Å². The largest absolute Gasteiger partial charge is 0.462 e. The molecule has 6 nitrogen and oxygen atoms in total. The molecule has 0 fully saturated rings. The molecule has 1 rings (SSSR count). The number of hydrogen-bond acceptors (Lipinski definition) is 4. The summed E-state index contributed by atoms with van der Waals surface area (Å²) in [6.45, 7) is 5.13. The van der Waals surface area contributed by atoms with Crippen LogP contribution in [-0.4, -0.2) is 23.0 Å². The van der Waals surface area contributed by atoms with Gasteiger partial charge < -0.3 is 14.2 Å². The van der Waals surface area contributed by atoms with Gasteiger partial charge in [-0.25, -0.2) is 4.57 Å². The van der Waals surface area contributed by atoms with E-state index in [1.54, 1.807) is 51.1 Å². The Hall–Kier alpha value is -1.36. The van der Waals surface area contributed by atoms with Crippen molar-refractivity contribution >= 4 is 13.7 Å². The number of hydrogen-bond donors (Lipinski definition) is 2. The van der Waals surface area contributed by atoms with Crippen LogP contribution in [-0.2, 0) is 14.1 Å². The third-order valence-electron chi connectivity index (χ3n) is 2.34. The van der Waals surface area contributed by atoms with E-state index in [-0.39, 0.29) is 11.9 Å². The topological polar surface area (TPSA) is 84.9 Å². The number of carbonyl (C=O) groups excluding carboxylic acids is 1. The normalized spacial score (nSPS) is 15.4. The molecule has 0 spiro atoms. The first kappa shape index (κ1) is 16.7. The first-order valence-corrected chi connectivity index (χ1v) is 7.97. The van der Waals surface area contributed by atoms with E-state index in [2.05, 4.69) is 5.09 Å². The van der Waals surface area contributed by atoms with Crippen LogP contribution in [0.25, 0.3) is 0 Å². The molecular weight excluding hydrogens is 281 g/mol. The lowest BCUT2D eigenvalue weighted by Crippen LogP contribution is -2.37. The maximum Gasteiger partial charge on any atom is 0.456 e. The van der Waals surface area contributed by atoms with E-state index < -0.39 is 19.8 Å². The minimum absolute atomic E-state index is 0.248. The minimum atomic E-state index is -4.14. The molecule has 0 saturated heterocycles. The fourth-order valence-corrected chi connectivity index (χ4v) is 2.61. The van der Waals surface area contributed by atoms with Crippen LogP contribution in [0.1, 0.15) is 27.2 Å². The van der Waals surface area contributed by atoms with Gasteiger partial charge in [0.2, 0.25) is 0 Å². The average molecular weight is 301 g/mol. The minimum Gasteiger partial charge on any atom is -0.462 e. The molecule has 0 aromatic heterocycles. The molecule has 0 radical (unpaired) electrons. The van der Waals surface area contributed by atoms with Crippen LogP contribution >= 0.6 is 7.75 Å². The van der Waals surface area contributed by atoms with E-state index in [9.17, 15) is 14.3 Å². The van der Waals surface area contributed by atoms with Crippen molar-refractivity contribution < 1.29 is 23.5 Å². The molecule has 1 aromatic rings. The van der Waals surface area contributed by atoms with Gasteiger partial charge in [0.1, 0.15) is 11.8 Å². The van der Waals surface area contributed by atoms with Crippen molar-refractivity contribution in [1.82, 2.24) is 5.09 Å². The fraction of sp³-hybridized carbons (Fsp3) is 0.462. The Kier molecular flexibility index (Phi) is 6.20. The van der Waals surface area contributed by atoms with Crippen LogP contribution in [0.5, 0.6) is 5.75 Å². The summed E-state index contributed by atoms with van der Waals surface area (Å²) < 4.78 is 21.9. The van der Waals surface area contributed by atoms with E-state index in [0.717, 1.165) is 0 Å². The third-order valence-corrected chi connectivity index (χ3v) is 3.43. The molecule has 0 heterocycles. The molecule has 1 unspecified atom stereocenters. The highest BCUT2D eigenvalue weighted by atomic mass is 31.2. The van der Waals surface area contributed by atoms with Gasteiger partial charge >= 0.3 is 13.7 Å². The average Bonchev–Trinajstić information content (AvgIpc) is 2.35. The van der Waals surface area contributed by atoms with Crippen LogP contribution in [0, 0.1) is 0 Å². The maximum atomic E-state index is 12.0. The highest BCUT2D eigenvalue weighted by Crippen LogP contribution is 2.39. The monoisotopic (exact) mass is 301 g/mol. The van der Waals surface area contributed by atoms with Crippen molar-refractivity contribution in [2.45, 2.75) is 39.3 Å². The number of rotatable bonds is 7. The summed E-state index contributed by atoms with van der Waals surface area (Å²) in [5.41, 5.74) is 0. The smallest absolute Gasteiger partial charge is 0.456 e. The van der Waals surface area contributed by atoms with Gasteiger partial charge in [-0.2, -0.15) is 5.09 Å². The van der Waals surface area contributed by atoms with Gasteiger partial charge in [-0.05, 0) is 32.4 Å². The lowest BCUT2D eigenvalue weighted by Gasteiger charge is -2.21. The van der Waals surface area contributed by atoms with Crippen LogP contribution < -0.4 is 9.61 Å². The molecule has 2 atom stereocenters. The standard InChI is InChI=1S/C13H20NO5P/c1-4-12(13(15)18-10(2)3)14-20(16,17)19-11-8-6-5-7-9-11/h5-10,12H,4H2,1-3H3,(H2,14,16,17)/t12-/m0/s1. The Labute approximate surface area is 118 Å². The predicted molar refractivity (Wildman–Crippen MR) is 75.3 cm³/mol. The second kappa shape index (κ2) is 7.43. The molecule has 1 aromatic carbocycles. The van der Waals surface area contributed by atoms with E-state index in [0.29, 0.717) is 6.42 Å². The quantitative estimate of drug-likeness (QED) is 0.594. The predicted octanol–water partition coefficient (Wildman–Crippen LogP) is 2.49. The van der Waals surface area contributed by atoms with Crippen LogP contribution in [0.4, 0.5) is 0 Å². The van der Waals surface area contributed by atoms with Crippen molar-refractivity contribution in [3.63, 3.8) is 0 Å². The Morgan fingerprint density at radius 1 is 1.35 bits per heavy atom. The summed E-state index contributed by atoms with van der Waals surface area (Å²) in [7, 11) is -4.14. The van der Waals surface area contributed by atoms with Crippen molar-refractivity contribution in [2.75, 3.05) is 0 Å². The molecule has 0 aliphatic carbocycles. The number of benzene rings is 1. The zero-order chi connectivity index (χ0) is 15.2. The Bertz CT molecular complexity index is 477. The van der Waals surface area contributed by atoms with Crippen molar-refractivity contribution in [3.05, 3.63) is 30.3 Å².